The van der Waals surface area contributed by atoms with Gasteiger partial charge in [0.25, 0.3) is 23.6 Å². The number of nitrogens with zero attached hydrogens (tertiary/aromatic N) is 4. The van der Waals surface area contributed by atoms with Crippen LogP contribution < -0.4 is 55.7 Å². The van der Waals surface area contributed by atoms with E-state index in [1.165, 1.54) is 38.3 Å². The zero-order valence-corrected chi connectivity index (χ0v) is 52.5. The number of unbranched alkanes of at least 4 members (excludes halogenated alkanes) is 4. The Kier molecular flexibility index (Phi) is 21.8. The molecule has 9 rings (SSSR count). The number of carbonyl (C=O) groups excluding carboxylic acids is 10. The van der Waals surface area contributed by atoms with E-state index in [0.29, 0.717) is 98.9 Å². The van der Waals surface area contributed by atoms with Crippen LogP contribution in [-0.2, 0) is 44.9 Å². The second-order valence-electron chi connectivity index (χ2n) is 24.6. The monoisotopic (exact) mass is 1260 g/mol. The summed E-state index contributed by atoms with van der Waals surface area (Å²) in [7, 11) is 3.02. The lowest BCUT2D eigenvalue weighted by Crippen LogP contribution is -2.55. The van der Waals surface area contributed by atoms with Crippen molar-refractivity contribution < 1.29 is 76.7 Å². The van der Waals surface area contributed by atoms with Crippen molar-refractivity contribution in [2.24, 2.45) is 17.3 Å². The molecule has 5 heterocycles. The Balaban J connectivity index is 0.730. The number of rotatable bonds is 29. The van der Waals surface area contributed by atoms with Crippen molar-refractivity contribution in [1.29, 1.82) is 0 Å². The molecule has 2 saturated heterocycles. The van der Waals surface area contributed by atoms with Gasteiger partial charge in [-0.25, -0.2) is 9.69 Å². The first kappa shape index (κ1) is 66.5. The smallest absolute Gasteiger partial charge is 0.416 e. The minimum Gasteiger partial charge on any atom is -0.493 e. The van der Waals surface area contributed by atoms with Crippen LogP contribution in [0.5, 0.6) is 23.0 Å². The van der Waals surface area contributed by atoms with E-state index in [2.05, 4.69) is 38.8 Å². The highest BCUT2D eigenvalue weighted by Crippen LogP contribution is 2.57. The van der Waals surface area contributed by atoms with Crippen LogP contribution in [-0.4, -0.2) is 176 Å². The predicted octanol–water partition coefficient (Wildman–Crippen LogP) is 4.77. The third kappa shape index (κ3) is 16.2. The number of hydrogen-bond donors (Lipinski definition) is 7. The Labute approximate surface area is 528 Å². The van der Waals surface area contributed by atoms with E-state index in [1.807, 2.05) is 11.0 Å². The van der Waals surface area contributed by atoms with Gasteiger partial charge in [-0.1, -0.05) is 45.7 Å². The molecule has 0 aromatic heterocycles. The van der Waals surface area contributed by atoms with Crippen molar-refractivity contribution in [1.82, 2.24) is 36.0 Å². The van der Waals surface area contributed by atoms with Crippen LogP contribution in [0.4, 0.5) is 21.9 Å². The summed E-state index contributed by atoms with van der Waals surface area (Å²) < 4.78 is 29.7. The van der Waals surface area contributed by atoms with Crippen molar-refractivity contribution in [3.63, 3.8) is 0 Å². The number of ether oxygens (including phenoxy) is 5. The molecule has 91 heavy (non-hydrogen) atoms. The molecule has 2 unspecified atom stereocenters. The van der Waals surface area contributed by atoms with Gasteiger partial charge >= 0.3 is 6.09 Å². The summed E-state index contributed by atoms with van der Waals surface area (Å²) in [6.45, 7) is 8.64. The molecule has 1 aliphatic carbocycles. The molecule has 490 valence electrons. The number of carbonyl (C=O) groups is 10. The minimum absolute atomic E-state index is 0.00217. The van der Waals surface area contributed by atoms with E-state index in [9.17, 15) is 53.1 Å². The van der Waals surface area contributed by atoms with Crippen LogP contribution in [0.15, 0.2) is 60.7 Å². The third-order valence-electron chi connectivity index (χ3n) is 17.7. The first-order valence-electron chi connectivity index (χ1n) is 31.5. The van der Waals surface area contributed by atoms with Crippen LogP contribution in [0.1, 0.15) is 131 Å². The zero-order chi connectivity index (χ0) is 65.1. The zero-order valence-electron chi connectivity index (χ0n) is 52.5. The van der Waals surface area contributed by atoms with E-state index in [4.69, 9.17) is 23.7 Å². The maximum absolute atomic E-state index is 14.4. The fraction of sp³-hybridized carbons (Fsp3) is 0.538. The van der Waals surface area contributed by atoms with Gasteiger partial charge in [-0.05, 0) is 112 Å². The Hall–Kier alpha value is -8.94. The Morgan fingerprint density at radius 2 is 1.36 bits per heavy atom. The molecule has 6 atom stereocenters. The molecular formula is C65H84N10O16. The molecule has 7 N–H and O–H groups in total. The predicted molar refractivity (Wildman–Crippen MR) is 332 cm³/mol. The van der Waals surface area contributed by atoms with Gasteiger partial charge in [-0.3, -0.25) is 48.1 Å². The number of imide groups is 1. The summed E-state index contributed by atoms with van der Waals surface area (Å²) in [5.74, 6) is -2.39. The number of methoxy groups -OCH3 is 2. The molecule has 5 aliphatic heterocycles. The average molecular weight is 1260 g/mol. The van der Waals surface area contributed by atoms with Crippen molar-refractivity contribution in [2.75, 3.05) is 82.2 Å². The molecule has 3 fully saturated rings. The quantitative estimate of drug-likeness (QED) is 0.0364. The van der Waals surface area contributed by atoms with E-state index in [1.54, 1.807) is 56.2 Å². The summed E-state index contributed by atoms with van der Waals surface area (Å²) in [6.07, 6.45) is 8.07. The lowest BCUT2D eigenvalue weighted by Gasteiger charge is -2.31. The minimum atomic E-state index is -1.46. The van der Waals surface area contributed by atoms with Gasteiger partial charge in [0, 0.05) is 68.6 Å². The van der Waals surface area contributed by atoms with Gasteiger partial charge in [0.15, 0.2) is 29.2 Å². The number of aliphatic hydroxyl groups is 1. The number of nitrogens with one attached hydrogen (secondary N) is 6. The highest BCUT2D eigenvalue weighted by Gasteiger charge is 2.58. The molecule has 1 spiro atoms. The molecule has 3 aromatic rings. The van der Waals surface area contributed by atoms with E-state index >= 15 is 0 Å². The summed E-state index contributed by atoms with van der Waals surface area (Å²) in [4.78, 5) is 136. The van der Waals surface area contributed by atoms with Gasteiger partial charge in [0.1, 0.15) is 18.7 Å². The third-order valence-corrected chi connectivity index (χ3v) is 17.7. The second-order valence-corrected chi connectivity index (χ2v) is 24.6. The molecule has 26 heteroatoms. The molecule has 0 radical (unpaired) electrons. The Morgan fingerprint density at radius 1 is 0.725 bits per heavy atom. The van der Waals surface area contributed by atoms with Gasteiger partial charge in [-0.15, -0.1) is 0 Å². The number of anilines is 3. The highest BCUT2D eigenvalue weighted by atomic mass is 16.6. The van der Waals surface area contributed by atoms with E-state index in [-0.39, 0.29) is 96.5 Å². The number of benzene rings is 3. The number of amides is 10. The van der Waals surface area contributed by atoms with Crippen LogP contribution in [0.3, 0.4) is 0 Å². The van der Waals surface area contributed by atoms with Gasteiger partial charge in [0.2, 0.25) is 29.5 Å². The van der Waals surface area contributed by atoms with Crippen molar-refractivity contribution >= 4 is 76.3 Å². The number of fused-ring (bicyclic) bond motifs is 4. The van der Waals surface area contributed by atoms with Crippen LogP contribution in [0, 0.1) is 17.3 Å². The van der Waals surface area contributed by atoms with Crippen LogP contribution in [0.25, 0.3) is 0 Å². The van der Waals surface area contributed by atoms with E-state index in [0.717, 1.165) is 47.7 Å². The Morgan fingerprint density at radius 3 is 2.02 bits per heavy atom. The van der Waals surface area contributed by atoms with Crippen molar-refractivity contribution in [2.45, 2.75) is 142 Å². The normalized spacial score (nSPS) is 19.9. The van der Waals surface area contributed by atoms with Gasteiger partial charge in [0.05, 0.1) is 69.1 Å². The maximum Gasteiger partial charge on any atom is 0.416 e. The maximum atomic E-state index is 14.4. The van der Waals surface area contributed by atoms with Gasteiger partial charge < -0.3 is 70.5 Å². The molecule has 26 nitrogen and oxygen atoms in total. The van der Waals surface area contributed by atoms with Crippen molar-refractivity contribution in [3.05, 3.63) is 77.4 Å². The van der Waals surface area contributed by atoms with Crippen molar-refractivity contribution in [3.8, 4) is 23.0 Å². The molecule has 3 aromatic carbocycles. The molecular weight excluding hydrogens is 1180 g/mol. The number of aliphatic hydroxyl groups excluding tert-OH is 1. The standard InChI is InChI=1S/C65H84N10O16/c1-7-40-26-43-32-66-46-29-51(49(87-5)27-44(46)61(83)73(43)35-40)89-24-12-9-13-25-90-52-30-47-45(28-50(52)88-6)62(84)74-37-65(21-22-65)31-48(74)63(85)75(47)64(86)91-36-41-15-17-42(18-16-41)70-59(81)39(4)69-60(82)58(38(2)3)71-55(78)34-68-54(77)33-67-53(76)14-10-8-11-23-72-56(79)19-20-57(72)80/h15-20,27-30,38-40,43,48,58,63,66,85H,7-14,21-26,31-37H2,1-6H3,(H,67,76)(H,68,77)(H,69,82)(H,70,81)(H,71,78)/t39-,40?,43-,48-,58-,63?/m0/s1. The molecule has 1 saturated carbocycles. The van der Waals surface area contributed by atoms with Crippen LogP contribution in [0.2, 0.25) is 0 Å². The summed E-state index contributed by atoms with van der Waals surface area (Å²) >= 11 is 0. The number of hydrogen-bond acceptors (Lipinski definition) is 17. The fourth-order valence-electron chi connectivity index (χ4n) is 12.2. The molecule has 10 amide bonds. The SMILES string of the molecule is CCC1C[C@H]2CNc3cc(OCCCCCOc4cc5c(cc4OC)C(=O)N4CC6(CC6)C[C@H]4C(O)N5C(=O)OCc4ccc(NC(=O)[C@H](C)NC(=O)[C@@H](NC(=O)CNC(=O)CNC(=O)CCCCCN5C(=O)C=CC5=O)C(C)C)cc4)c(OC)cc3C(=O)N2C1. The van der Waals surface area contributed by atoms with Crippen LogP contribution >= 0.6 is 0 Å². The Bertz CT molecular complexity index is 3260. The summed E-state index contributed by atoms with van der Waals surface area (Å²) in [5, 5.41) is 28.4. The molecule has 6 aliphatic rings. The highest BCUT2D eigenvalue weighted by molar-refractivity contribution is 6.13. The largest absolute Gasteiger partial charge is 0.493 e. The average Bonchev–Trinajstić information content (AvgIpc) is 1.58. The van der Waals surface area contributed by atoms with Gasteiger partial charge in [-0.2, -0.15) is 0 Å². The lowest BCUT2D eigenvalue weighted by atomic mass is 10.0. The summed E-state index contributed by atoms with van der Waals surface area (Å²) in [6, 6.07) is 10.4. The lowest BCUT2D eigenvalue weighted by molar-refractivity contribution is -0.137. The first-order valence-corrected chi connectivity index (χ1v) is 31.5. The topological polar surface area (TPSA) is 322 Å². The summed E-state index contributed by atoms with van der Waals surface area (Å²) in [5.41, 5.74) is 2.29. The molecule has 0 bridgehead atoms. The first-order chi connectivity index (χ1) is 43.7. The fourth-order valence-corrected chi connectivity index (χ4v) is 12.2. The second kappa shape index (κ2) is 29.8. The van der Waals surface area contributed by atoms with E-state index < -0.39 is 66.5 Å².